The number of halogens is 1. The summed E-state index contributed by atoms with van der Waals surface area (Å²) in [6, 6.07) is 22.3. The first-order valence-corrected chi connectivity index (χ1v) is 14.9. The Bertz CT molecular complexity index is 1500. The Morgan fingerprint density at radius 1 is 0.955 bits per heavy atom. The lowest BCUT2D eigenvalue weighted by Crippen LogP contribution is -2.36. The highest BCUT2D eigenvalue weighted by molar-refractivity contribution is 5.98. The van der Waals surface area contributed by atoms with Gasteiger partial charge in [-0.2, -0.15) is 0 Å². The Kier molecular flexibility index (Phi) is 9.89. The molecule has 230 valence electrons. The van der Waals surface area contributed by atoms with Crippen LogP contribution in [0.25, 0.3) is 0 Å². The zero-order chi connectivity index (χ0) is 31.1. The normalized spacial score (nSPS) is 17.2. The quantitative estimate of drug-likeness (QED) is 0.252. The van der Waals surface area contributed by atoms with Crippen LogP contribution in [-0.4, -0.2) is 45.7 Å². The highest BCUT2D eigenvalue weighted by Gasteiger charge is 2.32. The van der Waals surface area contributed by atoms with Crippen LogP contribution in [0.15, 0.2) is 77.9 Å². The number of rotatable bonds is 9. The molecule has 1 unspecified atom stereocenters. The van der Waals surface area contributed by atoms with Crippen LogP contribution in [0.1, 0.15) is 66.7 Å². The van der Waals surface area contributed by atoms with Crippen LogP contribution in [0.5, 0.6) is 0 Å². The number of ether oxygens (including phenoxy) is 1. The number of benzene rings is 3. The molecule has 0 saturated heterocycles. The molecule has 3 aromatic rings. The van der Waals surface area contributed by atoms with E-state index in [-0.39, 0.29) is 36.1 Å². The van der Waals surface area contributed by atoms with Gasteiger partial charge in [0.25, 0.3) is 5.91 Å². The highest BCUT2D eigenvalue weighted by Crippen LogP contribution is 2.39. The second-order valence-corrected chi connectivity index (χ2v) is 11.5. The fourth-order valence-electron chi connectivity index (χ4n) is 5.89. The average molecular weight is 602 g/mol. The molecular weight excluding hydrogens is 565 g/mol. The first kappa shape index (κ1) is 30.7. The van der Waals surface area contributed by atoms with E-state index in [0.717, 1.165) is 54.4 Å². The van der Waals surface area contributed by atoms with Crippen LogP contribution < -0.4 is 5.32 Å². The van der Waals surface area contributed by atoms with Gasteiger partial charge in [0.05, 0.1) is 12.5 Å². The number of carboxylic acid groups (broad SMARTS) is 2. The van der Waals surface area contributed by atoms with Gasteiger partial charge in [0.1, 0.15) is 5.82 Å². The molecule has 2 amide bonds. The van der Waals surface area contributed by atoms with Gasteiger partial charge in [-0.25, -0.2) is 14.2 Å². The molecule has 44 heavy (non-hydrogen) atoms. The summed E-state index contributed by atoms with van der Waals surface area (Å²) in [4.78, 5) is 34.7. The number of anilines is 1. The van der Waals surface area contributed by atoms with E-state index in [1.807, 2.05) is 60.7 Å². The SMILES string of the molecule is O=C(Nc1cc(F)cc(CC2CC2)c1)C(c1ccc(CN2N=C(c3ccccc3)OCC2=O)cc1)C1CCCC1.O=C(O)O. The summed E-state index contributed by atoms with van der Waals surface area (Å²) < 4.78 is 19.9. The molecule has 3 N–H and O–H groups in total. The molecule has 1 aliphatic heterocycles. The number of amides is 2. The number of nitrogens with zero attached hydrogens (tertiary/aromatic N) is 2. The molecule has 3 aromatic carbocycles. The minimum atomic E-state index is -1.83. The van der Waals surface area contributed by atoms with E-state index in [0.29, 0.717) is 24.0 Å². The third kappa shape index (κ3) is 8.43. The molecule has 1 heterocycles. The first-order chi connectivity index (χ1) is 21.2. The lowest BCUT2D eigenvalue weighted by molar-refractivity contribution is -0.136. The van der Waals surface area contributed by atoms with E-state index in [1.54, 1.807) is 6.07 Å². The minimum Gasteiger partial charge on any atom is -0.466 e. The lowest BCUT2D eigenvalue weighted by atomic mass is 9.83. The van der Waals surface area contributed by atoms with Crippen molar-refractivity contribution in [1.29, 1.82) is 0 Å². The molecule has 0 radical (unpaired) electrons. The van der Waals surface area contributed by atoms with E-state index in [1.165, 1.54) is 23.9 Å². The van der Waals surface area contributed by atoms with Gasteiger partial charge < -0.3 is 20.3 Å². The van der Waals surface area contributed by atoms with Crippen molar-refractivity contribution in [2.75, 3.05) is 11.9 Å². The maximum atomic E-state index is 14.4. The molecule has 0 aromatic heterocycles. The van der Waals surface area contributed by atoms with Crippen molar-refractivity contribution >= 4 is 29.6 Å². The summed E-state index contributed by atoms with van der Waals surface area (Å²) >= 11 is 0. The molecule has 2 saturated carbocycles. The van der Waals surface area contributed by atoms with Crippen LogP contribution in [0, 0.1) is 17.7 Å². The number of nitrogens with one attached hydrogen (secondary N) is 1. The van der Waals surface area contributed by atoms with Crippen molar-refractivity contribution in [2.45, 2.75) is 57.4 Å². The first-order valence-electron chi connectivity index (χ1n) is 14.9. The van der Waals surface area contributed by atoms with Crippen LogP contribution in [0.2, 0.25) is 0 Å². The van der Waals surface area contributed by atoms with Crippen LogP contribution in [-0.2, 0) is 27.3 Å². The van der Waals surface area contributed by atoms with Gasteiger partial charge in [0.2, 0.25) is 11.8 Å². The Balaban J connectivity index is 0.000000906. The van der Waals surface area contributed by atoms with Gasteiger partial charge in [-0.1, -0.05) is 55.3 Å². The second-order valence-electron chi connectivity index (χ2n) is 11.5. The molecule has 2 fully saturated rings. The third-order valence-electron chi connectivity index (χ3n) is 8.12. The molecule has 0 bridgehead atoms. The van der Waals surface area contributed by atoms with Crippen molar-refractivity contribution in [2.24, 2.45) is 16.9 Å². The van der Waals surface area contributed by atoms with Gasteiger partial charge in [-0.05, 0) is 91.0 Å². The molecule has 10 heteroatoms. The van der Waals surface area contributed by atoms with E-state index in [9.17, 15) is 14.0 Å². The standard InChI is InChI=1S/C33H34FN3O3.CH2O3/c34-28-17-24(16-22-10-11-22)18-29(19-28)35-32(39)31(25-6-4-5-7-25)26-14-12-23(13-15-26)20-37-30(38)21-40-33(36-37)27-8-2-1-3-9-27;2-1(3)4/h1-3,8-9,12-15,17-19,22,25,31H,4-7,10-11,16,20-21H2,(H,35,39);(H2,2,3,4). The van der Waals surface area contributed by atoms with Crippen LogP contribution in [0.4, 0.5) is 14.9 Å². The molecule has 9 nitrogen and oxygen atoms in total. The zero-order valence-electron chi connectivity index (χ0n) is 24.3. The van der Waals surface area contributed by atoms with Gasteiger partial charge in [-0.15, -0.1) is 5.10 Å². The van der Waals surface area contributed by atoms with Gasteiger partial charge in [0.15, 0.2) is 6.61 Å². The van der Waals surface area contributed by atoms with Crippen molar-refractivity contribution in [3.8, 4) is 0 Å². The van der Waals surface area contributed by atoms with Gasteiger partial charge in [0, 0.05) is 11.3 Å². The summed E-state index contributed by atoms with van der Waals surface area (Å²) in [6.07, 6.45) is 5.62. The van der Waals surface area contributed by atoms with Crippen molar-refractivity contribution in [1.82, 2.24) is 5.01 Å². The van der Waals surface area contributed by atoms with E-state index in [2.05, 4.69) is 10.4 Å². The van der Waals surface area contributed by atoms with Gasteiger partial charge >= 0.3 is 6.16 Å². The summed E-state index contributed by atoms with van der Waals surface area (Å²) in [5.74, 6) is 0.367. The van der Waals surface area contributed by atoms with E-state index >= 15 is 0 Å². The maximum Gasteiger partial charge on any atom is 0.503 e. The van der Waals surface area contributed by atoms with Crippen molar-refractivity contribution in [3.63, 3.8) is 0 Å². The molecule has 6 rings (SSSR count). The third-order valence-corrected chi connectivity index (χ3v) is 8.12. The molecule has 1 atom stereocenters. The molecule has 2 aliphatic carbocycles. The Hall–Kier alpha value is -4.73. The molecule has 3 aliphatic rings. The predicted molar refractivity (Wildman–Crippen MR) is 163 cm³/mol. The number of carbonyl (C=O) groups excluding carboxylic acids is 2. The average Bonchev–Trinajstić information content (AvgIpc) is 3.64. The molecular formula is C34H36FN3O6. The smallest absolute Gasteiger partial charge is 0.466 e. The fourth-order valence-corrected chi connectivity index (χ4v) is 5.89. The monoisotopic (exact) mass is 601 g/mol. The summed E-state index contributed by atoms with van der Waals surface area (Å²) in [5, 5.41) is 22.9. The Labute approximate surface area is 255 Å². The number of carbonyl (C=O) groups is 3. The predicted octanol–water partition coefficient (Wildman–Crippen LogP) is 6.63. The minimum absolute atomic E-state index is 0.0574. The summed E-state index contributed by atoms with van der Waals surface area (Å²) in [7, 11) is 0. The summed E-state index contributed by atoms with van der Waals surface area (Å²) in [6.45, 7) is 0.254. The van der Waals surface area contributed by atoms with Gasteiger partial charge in [-0.3, -0.25) is 9.59 Å². The Morgan fingerprint density at radius 3 is 2.30 bits per heavy atom. The number of hydrogen-bond acceptors (Lipinski definition) is 5. The largest absolute Gasteiger partial charge is 0.503 e. The topological polar surface area (TPSA) is 129 Å². The van der Waals surface area contributed by atoms with E-state index < -0.39 is 6.16 Å². The fraction of sp³-hybridized carbons (Fsp3) is 0.353. The number of hydrazone groups is 1. The highest BCUT2D eigenvalue weighted by atomic mass is 19.1. The summed E-state index contributed by atoms with van der Waals surface area (Å²) in [5.41, 5.74) is 4.13. The molecule has 0 spiro atoms. The van der Waals surface area contributed by atoms with Crippen molar-refractivity contribution in [3.05, 3.63) is 101 Å². The van der Waals surface area contributed by atoms with Crippen molar-refractivity contribution < 1.29 is 33.7 Å². The Morgan fingerprint density at radius 2 is 1.64 bits per heavy atom. The lowest BCUT2D eigenvalue weighted by Gasteiger charge is -2.25. The second kappa shape index (κ2) is 14.2. The van der Waals surface area contributed by atoms with Crippen LogP contribution >= 0.6 is 0 Å². The van der Waals surface area contributed by atoms with E-state index in [4.69, 9.17) is 19.7 Å². The zero-order valence-corrected chi connectivity index (χ0v) is 24.3. The van der Waals surface area contributed by atoms with Crippen LogP contribution in [0.3, 0.4) is 0 Å². The maximum absolute atomic E-state index is 14.4. The number of hydrogen-bond donors (Lipinski definition) is 3.